The Hall–Kier alpha value is -2.84. The van der Waals surface area contributed by atoms with Gasteiger partial charge in [0, 0.05) is 37.2 Å². The highest BCUT2D eigenvalue weighted by atomic mass is 32.2. The molecule has 2 heterocycles. The van der Waals surface area contributed by atoms with Gasteiger partial charge in [0.05, 0.1) is 0 Å². The van der Waals surface area contributed by atoms with Crippen molar-refractivity contribution in [1.82, 2.24) is 9.21 Å². The van der Waals surface area contributed by atoms with Crippen molar-refractivity contribution in [2.24, 2.45) is 0 Å². The first-order valence-corrected chi connectivity index (χ1v) is 10.5. The molecule has 1 saturated heterocycles. The zero-order valence-corrected chi connectivity index (χ0v) is 16.0. The fraction of sp³-hybridized carbons (Fsp3) is 0.250. The lowest BCUT2D eigenvalue weighted by Gasteiger charge is -2.33. The molecule has 8 heteroatoms. The first-order chi connectivity index (χ1) is 13.5. The third-order valence-electron chi connectivity index (χ3n) is 4.74. The molecule has 2 aliphatic heterocycles. The molecule has 0 radical (unpaired) electrons. The van der Waals surface area contributed by atoms with E-state index in [1.54, 1.807) is 29.2 Å². The lowest BCUT2D eigenvalue weighted by atomic mass is 10.1. The maximum atomic E-state index is 12.7. The maximum Gasteiger partial charge on any atom is 0.254 e. The third-order valence-corrected chi connectivity index (χ3v) is 6.30. The average Bonchev–Trinajstić information content (AvgIpc) is 3.20. The van der Waals surface area contributed by atoms with E-state index >= 15 is 0 Å². The number of carbonyl (C=O) groups is 1. The van der Waals surface area contributed by atoms with E-state index in [0.717, 1.165) is 5.56 Å². The van der Waals surface area contributed by atoms with Crippen LogP contribution in [-0.2, 0) is 10.0 Å². The van der Waals surface area contributed by atoms with Crippen molar-refractivity contribution in [2.45, 2.75) is 0 Å². The molecule has 0 unspecified atom stereocenters. The number of ether oxygens (including phenoxy) is 2. The second-order valence-corrected chi connectivity index (χ2v) is 8.34. The highest BCUT2D eigenvalue weighted by Crippen LogP contribution is 2.32. The zero-order valence-electron chi connectivity index (χ0n) is 15.2. The van der Waals surface area contributed by atoms with Crippen LogP contribution in [0.25, 0.3) is 6.08 Å². The largest absolute Gasteiger partial charge is 0.454 e. The van der Waals surface area contributed by atoms with Gasteiger partial charge in [-0.15, -0.1) is 0 Å². The molecule has 0 saturated carbocycles. The van der Waals surface area contributed by atoms with Crippen LogP contribution >= 0.6 is 0 Å². The Morgan fingerprint density at radius 1 is 0.929 bits per heavy atom. The molecular formula is C20H20N2O5S. The number of hydrogen-bond donors (Lipinski definition) is 0. The lowest BCUT2D eigenvalue weighted by molar-refractivity contribution is 0.0698. The number of hydrogen-bond acceptors (Lipinski definition) is 5. The molecule has 0 spiro atoms. The number of carbonyl (C=O) groups excluding carboxylic acids is 1. The minimum atomic E-state index is -3.53. The molecule has 0 atom stereocenters. The number of benzene rings is 2. The van der Waals surface area contributed by atoms with Crippen LogP contribution in [0, 0.1) is 0 Å². The van der Waals surface area contributed by atoms with E-state index in [-0.39, 0.29) is 25.8 Å². The molecule has 0 aliphatic carbocycles. The highest BCUT2D eigenvalue weighted by Gasteiger charge is 2.28. The number of rotatable bonds is 4. The molecular weight excluding hydrogens is 380 g/mol. The van der Waals surface area contributed by atoms with Crippen molar-refractivity contribution < 1.29 is 22.7 Å². The van der Waals surface area contributed by atoms with Crippen molar-refractivity contribution in [1.29, 1.82) is 0 Å². The molecule has 2 aromatic carbocycles. The summed E-state index contributed by atoms with van der Waals surface area (Å²) in [5.74, 6) is 1.03. The van der Waals surface area contributed by atoms with Crippen LogP contribution in [0.5, 0.6) is 11.5 Å². The lowest BCUT2D eigenvalue weighted by Crippen LogP contribution is -2.50. The van der Waals surface area contributed by atoms with Gasteiger partial charge < -0.3 is 14.4 Å². The molecule has 0 bridgehead atoms. The van der Waals surface area contributed by atoms with E-state index in [0.29, 0.717) is 30.2 Å². The normalized spacial score (nSPS) is 17.2. The molecule has 7 nitrogen and oxygen atoms in total. The van der Waals surface area contributed by atoms with E-state index in [1.165, 1.54) is 9.71 Å². The average molecular weight is 400 g/mol. The minimum Gasteiger partial charge on any atom is -0.454 e. The summed E-state index contributed by atoms with van der Waals surface area (Å²) in [6.45, 7) is 1.35. The Labute approximate surface area is 163 Å². The summed E-state index contributed by atoms with van der Waals surface area (Å²) in [4.78, 5) is 14.4. The van der Waals surface area contributed by atoms with Crippen LogP contribution in [0.3, 0.4) is 0 Å². The summed E-state index contributed by atoms with van der Waals surface area (Å²) in [5.41, 5.74) is 1.33. The van der Waals surface area contributed by atoms with Gasteiger partial charge in [-0.05, 0) is 29.8 Å². The van der Waals surface area contributed by atoms with Gasteiger partial charge >= 0.3 is 0 Å². The molecule has 146 valence electrons. The molecule has 2 aliphatic rings. The van der Waals surface area contributed by atoms with Crippen LogP contribution in [0.4, 0.5) is 0 Å². The Morgan fingerprint density at radius 3 is 2.39 bits per heavy atom. The third kappa shape index (κ3) is 3.88. The van der Waals surface area contributed by atoms with E-state index in [2.05, 4.69) is 0 Å². The number of nitrogens with zero attached hydrogens (tertiary/aromatic N) is 2. The molecule has 0 aromatic heterocycles. The second-order valence-electron chi connectivity index (χ2n) is 6.52. The number of fused-ring (bicyclic) bond motifs is 1. The minimum absolute atomic E-state index is 0.143. The van der Waals surface area contributed by atoms with Crippen molar-refractivity contribution in [3.8, 4) is 11.5 Å². The zero-order chi connectivity index (χ0) is 19.6. The summed E-state index contributed by atoms with van der Waals surface area (Å²) in [7, 11) is -3.53. The molecule has 2 aromatic rings. The molecule has 1 fully saturated rings. The number of amides is 1. The topological polar surface area (TPSA) is 76.2 Å². The monoisotopic (exact) mass is 400 g/mol. The van der Waals surface area contributed by atoms with Crippen molar-refractivity contribution in [3.63, 3.8) is 0 Å². The van der Waals surface area contributed by atoms with Crippen LogP contribution in [0.2, 0.25) is 0 Å². The molecule has 0 N–H and O–H groups in total. The predicted molar refractivity (Wildman–Crippen MR) is 104 cm³/mol. The second kappa shape index (κ2) is 7.65. The van der Waals surface area contributed by atoms with Gasteiger partial charge in [-0.1, -0.05) is 30.3 Å². The van der Waals surface area contributed by atoms with Crippen molar-refractivity contribution >= 4 is 22.0 Å². The maximum absolute atomic E-state index is 12.7. The van der Waals surface area contributed by atoms with Gasteiger partial charge in [0.2, 0.25) is 16.8 Å². The Morgan fingerprint density at radius 2 is 1.64 bits per heavy atom. The van der Waals surface area contributed by atoms with Gasteiger partial charge in [0.15, 0.2) is 11.5 Å². The van der Waals surface area contributed by atoms with Gasteiger partial charge in [-0.2, -0.15) is 4.31 Å². The van der Waals surface area contributed by atoms with E-state index in [1.807, 2.05) is 30.3 Å². The Kier molecular flexibility index (Phi) is 5.06. The SMILES string of the molecule is O=C(c1ccc2c(c1)OCO2)N1CCN(S(=O)(=O)/C=C/c2ccccc2)CC1. The molecule has 28 heavy (non-hydrogen) atoms. The molecule has 4 rings (SSSR count). The quantitative estimate of drug-likeness (QED) is 0.786. The van der Waals surface area contributed by atoms with Crippen LogP contribution < -0.4 is 9.47 Å². The fourth-order valence-corrected chi connectivity index (χ4v) is 4.35. The summed E-state index contributed by atoms with van der Waals surface area (Å²) < 4.78 is 37.0. The van der Waals surface area contributed by atoms with Crippen molar-refractivity contribution in [3.05, 3.63) is 65.1 Å². The first kappa shape index (κ1) is 18.5. The van der Waals surface area contributed by atoms with E-state index < -0.39 is 10.0 Å². The van der Waals surface area contributed by atoms with E-state index in [4.69, 9.17) is 9.47 Å². The van der Waals surface area contributed by atoms with Gasteiger partial charge in [0.1, 0.15) is 0 Å². The summed E-state index contributed by atoms with van der Waals surface area (Å²) in [6.07, 6.45) is 1.58. The van der Waals surface area contributed by atoms with Crippen molar-refractivity contribution in [2.75, 3.05) is 33.0 Å². The van der Waals surface area contributed by atoms with Gasteiger partial charge in [-0.3, -0.25) is 4.79 Å². The summed E-state index contributed by atoms with van der Waals surface area (Å²) >= 11 is 0. The standard InChI is InChI=1S/C20H20N2O5S/c23-20(17-6-7-18-19(14-17)27-15-26-18)21-9-11-22(12-10-21)28(24,25)13-8-16-4-2-1-3-5-16/h1-8,13-14H,9-12,15H2/b13-8+. The number of sulfonamides is 1. The Balaban J connectivity index is 1.38. The van der Waals surface area contributed by atoms with Gasteiger partial charge in [-0.25, -0.2) is 8.42 Å². The summed E-state index contributed by atoms with van der Waals surface area (Å²) in [5, 5.41) is 1.22. The van der Waals surface area contributed by atoms with Crippen LogP contribution in [0.15, 0.2) is 53.9 Å². The number of piperazine rings is 1. The summed E-state index contributed by atoms with van der Waals surface area (Å²) in [6, 6.07) is 14.3. The molecule has 1 amide bonds. The smallest absolute Gasteiger partial charge is 0.254 e. The first-order valence-electron chi connectivity index (χ1n) is 8.95. The van der Waals surface area contributed by atoms with Gasteiger partial charge in [0.25, 0.3) is 5.91 Å². The van der Waals surface area contributed by atoms with Crippen LogP contribution in [-0.4, -0.2) is 56.5 Å². The fourth-order valence-electron chi connectivity index (χ4n) is 3.17. The highest BCUT2D eigenvalue weighted by molar-refractivity contribution is 7.92. The van der Waals surface area contributed by atoms with Crippen LogP contribution in [0.1, 0.15) is 15.9 Å². The predicted octanol–water partition coefficient (Wildman–Crippen LogP) is 2.17. The Bertz CT molecular complexity index is 997. The van der Waals surface area contributed by atoms with E-state index in [9.17, 15) is 13.2 Å².